The van der Waals surface area contributed by atoms with Crippen molar-refractivity contribution in [2.45, 2.75) is 19.1 Å². The highest BCUT2D eigenvalue weighted by molar-refractivity contribution is 5.82. The van der Waals surface area contributed by atoms with Crippen molar-refractivity contribution in [1.82, 2.24) is 24.9 Å². The van der Waals surface area contributed by atoms with E-state index in [-0.39, 0.29) is 16.8 Å². The predicted molar refractivity (Wildman–Crippen MR) is 94.9 cm³/mol. The smallest absolute Gasteiger partial charge is 0.360 e. The highest BCUT2D eigenvalue weighted by Gasteiger charge is 2.34. The van der Waals surface area contributed by atoms with Crippen LogP contribution >= 0.6 is 0 Å². The number of nitrogens with zero attached hydrogens (tertiary/aromatic N) is 3. The lowest BCUT2D eigenvalue weighted by molar-refractivity contribution is -0.140. The summed E-state index contributed by atoms with van der Waals surface area (Å²) in [6.45, 7) is 1.59. The highest BCUT2D eigenvalue weighted by Crippen LogP contribution is 2.37. The van der Waals surface area contributed by atoms with Crippen LogP contribution in [-0.4, -0.2) is 24.9 Å². The third kappa shape index (κ3) is 3.62. The van der Waals surface area contributed by atoms with E-state index in [9.17, 15) is 22.0 Å². The summed E-state index contributed by atoms with van der Waals surface area (Å²) in [5.41, 5.74) is -0.0911. The second-order valence-electron chi connectivity index (χ2n) is 6.36. The molecule has 29 heavy (non-hydrogen) atoms. The van der Waals surface area contributed by atoms with Crippen LogP contribution in [0.4, 0.5) is 27.8 Å². The molecular weight excluding hydrogens is 395 g/mol. The second kappa shape index (κ2) is 6.83. The van der Waals surface area contributed by atoms with Crippen molar-refractivity contribution in [3.05, 3.63) is 59.9 Å². The Morgan fingerprint density at radius 3 is 2.41 bits per heavy atom. The van der Waals surface area contributed by atoms with Gasteiger partial charge in [0.2, 0.25) is 0 Å². The summed E-state index contributed by atoms with van der Waals surface area (Å²) in [5, 5.41) is 2.98. The second-order valence-corrected chi connectivity index (χ2v) is 6.36. The zero-order valence-corrected chi connectivity index (χ0v) is 14.8. The number of aromatic amines is 2. The lowest BCUT2D eigenvalue weighted by atomic mass is 10.0. The van der Waals surface area contributed by atoms with Crippen LogP contribution in [0.25, 0.3) is 22.3 Å². The summed E-state index contributed by atoms with van der Waals surface area (Å²) in [6, 6.07) is 2.70. The molecule has 0 unspecified atom stereocenters. The topological polar surface area (TPSA) is 82.3 Å². The van der Waals surface area contributed by atoms with E-state index in [4.69, 9.17) is 0 Å². The van der Waals surface area contributed by atoms with Crippen molar-refractivity contribution < 1.29 is 22.0 Å². The number of aromatic nitrogens is 5. The molecule has 1 aromatic carbocycles. The standard InChI is InChI=1S/C18H13F5N6/c1-8(28-17-15-16(25-6-24-15)26-7-27-17)14-12(5-13(29-14)18(21,22)23)9-2-10(19)4-11(20)3-9/h2-8,29H,1H3,(H2,24,25,26,27,28)/t8-/m0/s1. The fourth-order valence-electron chi connectivity index (χ4n) is 3.06. The minimum absolute atomic E-state index is 0.0191. The molecule has 0 spiro atoms. The summed E-state index contributed by atoms with van der Waals surface area (Å²) in [7, 11) is 0. The molecule has 0 aliphatic heterocycles. The van der Waals surface area contributed by atoms with Crippen molar-refractivity contribution in [3.63, 3.8) is 0 Å². The molecule has 6 nitrogen and oxygen atoms in total. The first-order valence-electron chi connectivity index (χ1n) is 8.39. The molecule has 150 valence electrons. The number of fused-ring (bicyclic) bond motifs is 1. The summed E-state index contributed by atoms with van der Waals surface area (Å²) in [4.78, 5) is 17.2. The molecule has 0 aliphatic rings. The van der Waals surface area contributed by atoms with Gasteiger partial charge in [-0.05, 0) is 30.7 Å². The molecule has 11 heteroatoms. The van der Waals surface area contributed by atoms with Crippen LogP contribution in [-0.2, 0) is 6.18 Å². The number of rotatable bonds is 4. The van der Waals surface area contributed by atoms with Gasteiger partial charge in [-0.3, -0.25) is 0 Å². The molecule has 0 saturated carbocycles. The Morgan fingerprint density at radius 2 is 1.72 bits per heavy atom. The van der Waals surface area contributed by atoms with Crippen LogP contribution in [0, 0.1) is 11.6 Å². The maximum Gasteiger partial charge on any atom is 0.431 e. The van der Waals surface area contributed by atoms with Gasteiger partial charge in [0.25, 0.3) is 0 Å². The van der Waals surface area contributed by atoms with Crippen LogP contribution in [0.1, 0.15) is 24.4 Å². The number of alkyl halides is 3. The van der Waals surface area contributed by atoms with Gasteiger partial charge in [0.05, 0.1) is 12.4 Å². The maximum atomic E-state index is 13.7. The Bertz CT molecular complexity index is 1160. The van der Waals surface area contributed by atoms with Crippen LogP contribution in [0.3, 0.4) is 0 Å². The number of anilines is 1. The Hall–Kier alpha value is -3.50. The van der Waals surface area contributed by atoms with E-state index in [1.807, 2.05) is 0 Å². The maximum absolute atomic E-state index is 13.7. The number of halogens is 5. The van der Waals surface area contributed by atoms with E-state index in [0.717, 1.165) is 18.2 Å². The fraction of sp³-hybridized carbons (Fsp3) is 0.167. The molecule has 3 aromatic heterocycles. The number of benzene rings is 1. The van der Waals surface area contributed by atoms with E-state index in [2.05, 4.69) is 30.2 Å². The lowest BCUT2D eigenvalue weighted by Gasteiger charge is -2.16. The molecule has 0 bridgehead atoms. The normalized spacial score (nSPS) is 13.0. The first kappa shape index (κ1) is 18.8. The van der Waals surface area contributed by atoms with Gasteiger partial charge in [0.1, 0.15) is 29.2 Å². The summed E-state index contributed by atoms with van der Waals surface area (Å²) >= 11 is 0. The third-order valence-corrected chi connectivity index (χ3v) is 4.34. The fourth-order valence-corrected chi connectivity index (χ4v) is 3.06. The molecular formula is C18H13F5N6. The van der Waals surface area contributed by atoms with E-state index < -0.39 is 29.5 Å². The Balaban J connectivity index is 1.79. The molecule has 1 atom stereocenters. The molecule has 0 aliphatic carbocycles. The Labute approximate surface area is 160 Å². The minimum atomic E-state index is -4.66. The lowest BCUT2D eigenvalue weighted by Crippen LogP contribution is -2.11. The van der Waals surface area contributed by atoms with Gasteiger partial charge in [-0.2, -0.15) is 13.2 Å². The monoisotopic (exact) mass is 408 g/mol. The van der Waals surface area contributed by atoms with Crippen molar-refractivity contribution in [1.29, 1.82) is 0 Å². The van der Waals surface area contributed by atoms with Gasteiger partial charge >= 0.3 is 6.18 Å². The van der Waals surface area contributed by atoms with Crippen LogP contribution < -0.4 is 5.32 Å². The number of hydrogen-bond acceptors (Lipinski definition) is 4. The zero-order chi connectivity index (χ0) is 20.8. The number of hydrogen-bond donors (Lipinski definition) is 3. The van der Waals surface area contributed by atoms with Crippen molar-refractivity contribution in [2.24, 2.45) is 0 Å². The Morgan fingerprint density at radius 1 is 1.00 bits per heavy atom. The van der Waals surface area contributed by atoms with Gasteiger partial charge in [-0.15, -0.1) is 0 Å². The van der Waals surface area contributed by atoms with Gasteiger partial charge in [-0.25, -0.2) is 23.7 Å². The first-order chi connectivity index (χ1) is 13.7. The number of nitrogens with one attached hydrogen (secondary N) is 3. The minimum Gasteiger partial charge on any atom is -0.360 e. The van der Waals surface area contributed by atoms with E-state index >= 15 is 0 Å². The number of H-pyrrole nitrogens is 2. The summed E-state index contributed by atoms with van der Waals surface area (Å²) < 4.78 is 67.2. The van der Waals surface area contributed by atoms with Crippen molar-refractivity contribution >= 4 is 17.0 Å². The molecule has 0 radical (unpaired) electrons. The highest BCUT2D eigenvalue weighted by atomic mass is 19.4. The van der Waals surface area contributed by atoms with Crippen LogP contribution in [0.15, 0.2) is 36.9 Å². The summed E-state index contributed by atoms with van der Waals surface area (Å²) in [5.74, 6) is -1.47. The van der Waals surface area contributed by atoms with Gasteiger partial charge in [-0.1, -0.05) is 0 Å². The molecule has 0 fully saturated rings. The van der Waals surface area contributed by atoms with Crippen molar-refractivity contribution in [3.8, 4) is 11.1 Å². The van der Waals surface area contributed by atoms with Crippen LogP contribution in [0.5, 0.6) is 0 Å². The zero-order valence-electron chi connectivity index (χ0n) is 14.8. The predicted octanol–water partition coefficient (Wildman–Crippen LogP) is 4.82. The van der Waals surface area contributed by atoms with Crippen molar-refractivity contribution in [2.75, 3.05) is 5.32 Å². The molecule has 4 aromatic rings. The van der Waals surface area contributed by atoms with Gasteiger partial charge in [0.15, 0.2) is 11.5 Å². The Kier molecular flexibility index (Phi) is 4.44. The molecule has 3 N–H and O–H groups in total. The largest absolute Gasteiger partial charge is 0.431 e. The third-order valence-electron chi connectivity index (χ3n) is 4.34. The molecule has 0 amide bonds. The number of imidazole rings is 1. The van der Waals surface area contributed by atoms with E-state index in [1.165, 1.54) is 12.7 Å². The van der Waals surface area contributed by atoms with Gasteiger partial charge < -0.3 is 15.3 Å². The molecule has 3 heterocycles. The SMILES string of the molecule is C[C@H](Nc1ncnc2nc[nH]c12)c1[nH]c(C(F)(F)F)cc1-c1cc(F)cc(F)c1. The van der Waals surface area contributed by atoms with Gasteiger partial charge in [0, 0.05) is 17.3 Å². The molecule has 4 rings (SSSR count). The van der Waals surface area contributed by atoms with E-state index in [1.54, 1.807) is 6.92 Å². The quantitative estimate of drug-likeness (QED) is 0.423. The average Bonchev–Trinajstić information content (AvgIpc) is 3.28. The summed E-state index contributed by atoms with van der Waals surface area (Å²) in [6.07, 6.45) is -1.99. The van der Waals surface area contributed by atoms with E-state index in [0.29, 0.717) is 23.0 Å². The molecule has 0 saturated heterocycles. The first-order valence-corrected chi connectivity index (χ1v) is 8.39. The average molecular weight is 408 g/mol. The van der Waals surface area contributed by atoms with Crippen LogP contribution in [0.2, 0.25) is 0 Å².